The molecule has 124 valence electrons. The fourth-order valence-corrected chi connectivity index (χ4v) is 4.32. The van der Waals surface area contributed by atoms with E-state index in [0.29, 0.717) is 24.0 Å². The second-order valence-electron chi connectivity index (χ2n) is 6.83. The number of aliphatic carboxylic acids is 1. The zero-order chi connectivity index (χ0) is 16.9. The van der Waals surface area contributed by atoms with Crippen LogP contribution in [-0.4, -0.2) is 40.0 Å². The molecule has 6 nitrogen and oxygen atoms in total. The standard InChI is InChI=1S/C18H18N2O4/c21-14-7-6-11-3-1-5-13(15(11)19-14)16(22)20-9-12-4-2-8-18(12,10-20)17(23)24/h1,3,5-7,12H,2,4,8-10H2,(H,19,21)(H,23,24)/t12-,18+/m0/s1. The average Bonchev–Trinajstić information content (AvgIpc) is 3.11. The molecule has 2 N–H and O–H groups in total. The van der Waals surface area contributed by atoms with Crippen molar-refractivity contribution in [1.82, 2.24) is 9.88 Å². The molecule has 4 rings (SSSR count). The maximum absolute atomic E-state index is 13.0. The molecule has 1 aliphatic carbocycles. The summed E-state index contributed by atoms with van der Waals surface area (Å²) in [5.41, 5.74) is -0.126. The zero-order valence-corrected chi connectivity index (χ0v) is 13.1. The number of amides is 1. The van der Waals surface area contributed by atoms with Gasteiger partial charge in [-0.25, -0.2) is 0 Å². The van der Waals surface area contributed by atoms with Crippen LogP contribution in [0.2, 0.25) is 0 Å². The number of H-pyrrole nitrogens is 1. The lowest BCUT2D eigenvalue weighted by atomic mass is 9.81. The number of carbonyl (C=O) groups is 2. The number of hydrogen-bond donors (Lipinski definition) is 2. The van der Waals surface area contributed by atoms with Gasteiger partial charge in [0.05, 0.1) is 16.5 Å². The van der Waals surface area contributed by atoms with E-state index in [9.17, 15) is 19.5 Å². The predicted molar refractivity (Wildman–Crippen MR) is 87.9 cm³/mol. The van der Waals surface area contributed by atoms with E-state index in [1.54, 1.807) is 23.1 Å². The highest BCUT2D eigenvalue weighted by Gasteiger charge is 2.55. The summed E-state index contributed by atoms with van der Waals surface area (Å²) in [6.07, 6.45) is 2.38. The Morgan fingerprint density at radius 3 is 2.83 bits per heavy atom. The van der Waals surface area contributed by atoms with Crippen LogP contribution in [0.5, 0.6) is 0 Å². The Kier molecular flexibility index (Phi) is 3.23. The molecular weight excluding hydrogens is 308 g/mol. The monoisotopic (exact) mass is 326 g/mol. The molecule has 1 amide bonds. The zero-order valence-electron chi connectivity index (χ0n) is 13.1. The van der Waals surface area contributed by atoms with Gasteiger partial charge in [0, 0.05) is 19.2 Å². The van der Waals surface area contributed by atoms with Gasteiger partial charge in [-0.15, -0.1) is 0 Å². The summed E-state index contributed by atoms with van der Waals surface area (Å²) in [7, 11) is 0. The number of nitrogens with zero attached hydrogens (tertiary/aromatic N) is 1. The van der Waals surface area contributed by atoms with Crippen molar-refractivity contribution in [2.75, 3.05) is 13.1 Å². The smallest absolute Gasteiger partial charge is 0.311 e. The SMILES string of the molecule is O=C(c1cccc2ccc(=O)[nH]c12)N1C[C@@H]2CCC[C@@]2(C(=O)O)C1. The molecular formula is C18H18N2O4. The van der Waals surface area contributed by atoms with Crippen molar-refractivity contribution in [3.63, 3.8) is 0 Å². The molecule has 2 fully saturated rings. The number of rotatable bonds is 2. The number of carboxylic acids is 1. The summed E-state index contributed by atoms with van der Waals surface area (Å²) in [6.45, 7) is 0.720. The Labute approximate surface area is 138 Å². The molecule has 2 atom stereocenters. The maximum Gasteiger partial charge on any atom is 0.311 e. The Hall–Kier alpha value is -2.63. The fraction of sp³-hybridized carbons (Fsp3) is 0.389. The van der Waals surface area contributed by atoms with Gasteiger partial charge in [0.1, 0.15) is 0 Å². The van der Waals surface area contributed by atoms with E-state index in [4.69, 9.17) is 0 Å². The lowest BCUT2D eigenvalue weighted by Crippen LogP contribution is -2.37. The topological polar surface area (TPSA) is 90.5 Å². The van der Waals surface area contributed by atoms with E-state index >= 15 is 0 Å². The van der Waals surface area contributed by atoms with Crippen LogP contribution in [0, 0.1) is 11.3 Å². The molecule has 1 saturated carbocycles. The number of pyridine rings is 1. The van der Waals surface area contributed by atoms with Crippen LogP contribution in [0.4, 0.5) is 0 Å². The van der Waals surface area contributed by atoms with Crippen molar-refractivity contribution in [1.29, 1.82) is 0 Å². The number of aromatic nitrogens is 1. The summed E-state index contributed by atoms with van der Waals surface area (Å²) in [4.78, 5) is 40.7. The Bertz CT molecular complexity index is 903. The van der Waals surface area contributed by atoms with Crippen LogP contribution in [0.25, 0.3) is 10.9 Å². The van der Waals surface area contributed by atoms with Gasteiger partial charge in [-0.2, -0.15) is 0 Å². The number of carboxylic acid groups (broad SMARTS) is 1. The minimum Gasteiger partial charge on any atom is -0.481 e. The maximum atomic E-state index is 13.0. The van der Waals surface area contributed by atoms with Gasteiger partial charge in [0.25, 0.3) is 5.91 Å². The first-order valence-electron chi connectivity index (χ1n) is 8.16. The van der Waals surface area contributed by atoms with Crippen LogP contribution >= 0.6 is 0 Å². The van der Waals surface area contributed by atoms with E-state index in [0.717, 1.165) is 18.2 Å². The number of likely N-dealkylation sites (tertiary alicyclic amines) is 1. The van der Waals surface area contributed by atoms with Crippen molar-refractivity contribution < 1.29 is 14.7 Å². The number of fused-ring (bicyclic) bond motifs is 2. The highest BCUT2D eigenvalue weighted by molar-refractivity contribution is 6.05. The van der Waals surface area contributed by atoms with Gasteiger partial charge in [-0.05, 0) is 36.3 Å². The molecule has 2 aliphatic rings. The molecule has 2 aromatic rings. The van der Waals surface area contributed by atoms with E-state index < -0.39 is 11.4 Å². The highest BCUT2D eigenvalue weighted by Crippen LogP contribution is 2.49. The van der Waals surface area contributed by atoms with Crippen molar-refractivity contribution in [2.24, 2.45) is 11.3 Å². The van der Waals surface area contributed by atoms with Crippen LogP contribution in [0.1, 0.15) is 29.6 Å². The largest absolute Gasteiger partial charge is 0.481 e. The third kappa shape index (κ3) is 2.06. The molecule has 1 aromatic heterocycles. The third-order valence-corrected chi connectivity index (χ3v) is 5.57. The van der Waals surface area contributed by atoms with Crippen molar-refractivity contribution in [3.8, 4) is 0 Å². The van der Waals surface area contributed by atoms with E-state index in [2.05, 4.69) is 4.98 Å². The van der Waals surface area contributed by atoms with Gasteiger partial charge < -0.3 is 15.0 Å². The first-order chi connectivity index (χ1) is 11.5. The van der Waals surface area contributed by atoms with Crippen LogP contribution in [0.3, 0.4) is 0 Å². The van der Waals surface area contributed by atoms with Gasteiger partial charge in [0.15, 0.2) is 0 Å². The first-order valence-corrected chi connectivity index (χ1v) is 8.16. The summed E-state index contributed by atoms with van der Waals surface area (Å²) in [5, 5.41) is 10.5. The lowest BCUT2D eigenvalue weighted by molar-refractivity contribution is -0.149. The number of benzene rings is 1. The summed E-state index contributed by atoms with van der Waals surface area (Å²) >= 11 is 0. The third-order valence-electron chi connectivity index (χ3n) is 5.57. The van der Waals surface area contributed by atoms with Gasteiger partial charge in [-0.3, -0.25) is 14.4 Å². The van der Waals surface area contributed by atoms with Gasteiger partial charge in [-0.1, -0.05) is 18.6 Å². The Balaban J connectivity index is 1.72. The molecule has 6 heteroatoms. The van der Waals surface area contributed by atoms with E-state index in [1.165, 1.54) is 6.07 Å². The summed E-state index contributed by atoms with van der Waals surface area (Å²) in [5.74, 6) is -0.989. The van der Waals surface area contributed by atoms with E-state index in [1.807, 2.05) is 6.07 Å². The number of carbonyl (C=O) groups excluding carboxylic acids is 1. The molecule has 0 spiro atoms. The van der Waals surface area contributed by atoms with Crippen molar-refractivity contribution >= 4 is 22.8 Å². The van der Waals surface area contributed by atoms with E-state index in [-0.39, 0.29) is 23.9 Å². The molecule has 1 saturated heterocycles. The molecule has 24 heavy (non-hydrogen) atoms. The van der Waals surface area contributed by atoms with Crippen molar-refractivity contribution in [2.45, 2.75) is 19.3 Å². The Morgan fingerprint density at radius 1 is 1.25 bits per heavy atom. The molecule has 0 bridgehead atoms. The lowest BCUT2D eigenvalue weighted by Gasteiger charge is -2.23. The molecule has 0 unspecified atom stereocenters. The highest BCUT2D eigenvalue weighted by atomic mass is 16.4. The van der Waals surface area contributed by atoms with Crippen LogP contribution < -0.4 is 5.56 Å². The van der Waals surface area contributed by atoms with Gasteiger partial charge in [0.2, 0.25) is 5.56 Å². The second kappa shape index (κ2) is 5.19. The number of para-hydroxylation sites is 1. The summed E-state index contributed by atoms with van der Waals surface area (Å²) < 4.78 is 0. The Morgan fingerprint density at radius 2 is 2.08 bits per heavy atom. The molecule has 2 heterocycles. The average molecular weight is 326 g/mol. The minimum atomic E-state index is -0.799. The normalized spacial score (nSPS) is 25.8. The molecule has 1 aromatic carbocycles. The quantitative estimate of drug-likeness (QED) is 0.881. The van der Waals surface area contributed by atoms with Crippen molar-refractivity contribution in [3.05, 3.63) is 46.2 Å². The first kappa shape index (κ1) is 14.9. The van der Waals surface area contributed by atoms with Crippen LogP contribution in [0.15, 0.2) is 35.1 Å². The molecule has 0 radical (unpaired) electrons. The number of nitrogens with one attached hydrogen (secondary N) is 1. The predicted octanol–water partition coefficient (Wildman–Crippen LogP) is 1.85. The molecule has 1 aliphatic heterocycles. The summed E-state index contributed by atoms with van der Waals surface area (Å²) in [6, 6.07) is 8.40. The second-order valence-corrected chi connectivity index (χ2v) is 6.83. The number of hydrogen-bond acceptors (Lipinski definition) is 3. The minimum absolute atomic E-state index is 0.0213. The van der Waals surface area contributed by atoms with Crippen LogP contribution in [-0.2, 0) is 4.79 Å². The number of aromatic amines is 1. The van der Waals surface area contributed by atoms with Gasteiger partial charge >= 0.3 is 5.97 Å². The fourth-order valence-electron chi connectivity index (χ4n) is 4.32.